The number of aliphatic carboxylic acids is 1. The van der Waals surface area contributed by atoms with Gasteiger partial charge in [0.1, 0.15) is 0 Å². The molecule has 7 heteroatoms. The molecule has 0 aromatic heterocycles. The molecule has 1 saturated carbocycles. The fourth-order valence-electron chi connectivity index (χ4n) is 3.42. The van der Waals surface area contributed by atoms with Crippen molar-refractivity contribution < 1.29 is 32.6 Å². The first-order valence-electron chi connectivity index (χ1n) is 7.70. The molecule has 2 atom stereocenters. The number of allylic oxidation sites excluding steroid dienone is 1. The molecule has 4 nitrogen and oxygen atoms in total. The van der Waals surface area contributed by atoms with E-state index >= 15 is 0 Å². The molecular formula is C18H19F3O4. The Morgan fingerprint density at radius 3 is 2.36 bits per heavy atom. The van der Waals surface area contributed by atoms with Crippen molar-refractivity contribution in [1.29, 1.82) is 0 Å². The number of rotatable bonds is 6. The average Bonchev–Trinajstić information content (AvgIpc) is 2.99. The molecule has 0 unspecified atom stereocenters. The summed E-state index contributed by atoms with van der Waals surface area (Å²) in [7, 11) is 0. The van der Waals surface area contributed by atoms with Crippen molar-refractivity contribution in [3.8, 4) is 0 Å². The Hall–Kier alpha value is -2.31. The summed E-state index contributed by atoms with van der Waals surface area (Å²) in [5.74, 6) is -2.63. The van der Waals surface area contributed by atoms with E-state index in [0.29, 0.717) is 0 Å². The summed E-state index contributed by atoms with van der Waals surface area (Å²) in [6.07, 6.45) is -2.10. The van der Waals surface area contributed by atoms with E-state index in [0.717, 1.165) is 11.6 Å². The molecule has 1 aromatic rings. The highest BCUT2D eigenvalue weighted by molar-refractivity contribution is 5.85. The van der Waals surface area contributed by atoms with Crippen LogP contribution in [0.25, 0.3) is 0 Å². The van der Waals surface area contributed by atoms with Crippen LogP contribution in [0, 0.1) is 16.7 Å². The summed E-state index contributed by atoms with van der Waals surface area (Å²) in [5.41, 5.74) is -0.918. The van der Waals surface area contributed by atoms with E-state index < -0.39 is 41.5 Å². The highest BCUT2D eigenvalue weighted by atomic mass is 19.4. The van der Waals surface area contributed by atoms with Crippen LogP contribution in [0.2, 0.25) is 0 Å². The minimum Gasteiger partial charge on any atom is -0.481 e. The van der Waals surface area contributed by atoms with E-state index in [-0.39, 0.29) is 6.42 Å². The van der Waals surface area contributed by atoms with Crippen molar-refractivity contribution in [2.45, 2.75) is 26.4 Å². The summed E-state index contributed by atoms with van der Waals surface area (Å²) >= 11 is 0. The predicted octanol–water partition coefficient (Wildman–Crippen LogP) is 3.62. The van der Waals surface area contributed by atoms with Crippen LogP contribution in [-0.2, 0) is 20.7 Å². The zero-order chi connectivity index (χ0) is 18.9. The van der Waals surface area contributed by atoms with Gasteiger partial charge in [0.25, 0.3) is 0 Å². The van der Waals surface area contributed by atoms with E-state index in [1.165, 1.54) is 6.08 Å². The molecule has 0 bridgehead atoms. The van der Waals surface area contributed by atoms with E-state index in [1.54, 1.807) is 26.0 Å². The van der Waals surface area contributed by atoms with Gasteiger partial charge >= 0.3 is 18.1 Å². The van der Waals surface area contributed by atoms with Gasteiger partial charge in [-0.3, -0.25) is 4.79 Å². The first-order chi connectivity index (χ1) is 11.5. The lowest BCUT2D eigenvalue weighted by molar-refractivity contribution is -0.182. The van der Waals surface area contributed by atoms with Gasteiger partial charge in [0.05, 0.1) is 5.41 Å². The molecule has 0 amide bonds. The number of carboxylic acids is 1. The molecule has 0 saturated heterocycles. The lowest BCUT2D eigenvalue weighted by Gasteiger charge is -2.15. The largest absolute Gasteiger partial charge is 0.481 e. The van der Waals surface area contributed by atoms with Gasteiger partial charge in [0.2, 0.25) is 0 Å². The van der Waals surface area contributed by atoms with Crippen LogP contribution in [0.5, 0.6) is 0 Å². The van der Waals surface area contributed by atoms with E-state index in [9.17, 15) is 27.9 Å². The molecule has 25 heavy (non-hydrogen) atoms. The van der Waals surface area contributed by atoms with Crippen LogP contribution < -0.4 is 0 Å². The standard InChI is InChI=1S/C18H19F3O4/c1-16(2)13(8-9-14(22)25-11-18(19,20)21)17(16,15(23)24)10-12-6-4-3-5-7-12/h3-9,13H,10-11H2,1-2H3,(H,23,24)/b9-8-/t13-,17+/m1/s1. The molecule has 0 aliphatic heterocycles. The van der Waals surface area contributed by atoms with E-state index in [4.69, 9.17) is 0 Å². The summed E-state index contributed by atoms with van der Waals surface area (Å²) in [5, 5.41) is 9.75. The summed E-state index contributed by atoms with van der Waals surface area (Å²) < 4.78 is 40.2. The number of alkyl halides is 3. The van der Waals surface area contributed by atoms with Crippen molar-refractivity contribution in [2.75, 3.05) is 6.61 Å². The number of hydrogen-bond acceptors (Lipinski definition) is 3. The third-order valence-corrected chi connectivity index (χ3v) is 4.89. The molecular weight excluding hydrogens is 337 g/mol. The number of carboxylic acid groups (broad SMARTS) is 1. The number of esters is 1. The minimum absolute atomic E-state index is 0.267. The smallest absolute Gasteiger partial charge is 0.422 e. The van der Waals surface area contributed by atoms with Gasteiger partial charge in [-0.15, -0.1) is 0 Å². The summed E-state index contributed by atoms with van der Waals surface area (Å²) in [4.78, 5) is 23.3. The lowest BCUT2D eigenvalue weighted by Crippen LogP contribution is -2.24. The predicted molar refractivity (Wildman–Crippen MR) is 83.6 cm³/mol. The van der Waals surface area contributed by atoms with E-state index in [2.05, 4.69) is 4.74 Å². The average molecular weight is 356 g/mol. The van der Waals surface area contributed by atoms with Crippen LogP contribution >= 0.6 is 0 Å². The van der Waals surface area contributed by atoms with Crippen molar-refractivity contribution in [3.63, 3.8) is 0 Å². The number of carbonyl (C=O) groups excluding carboxylic acids is 1. The highest BCUT2D eigenvalue weighted by Crippen LogP contribution is 2.71. The molecule has 1 N–H and O–H groups in total. The van der Waals surface area contributed by atoms with Crippen LogP contribution in [0.3, 0.4) is 0 Å². The summed E-state index contributed by atoms with van der Waals surface area (Å²) in [6, 6.07) is 9.07. The number of benzene rings is 1. The Balaban J connectivity index is 2.13. The quantitative estimate of drug-likeness (QED) is 0.625. The zero-order valence-corrected chi connectivity index (χ0v) is 13.8. The normalized spacial score (nSPS) is 24.9. The van der Waals surface area contributed by atoms with Crippen LogP contribution in [-0.4, -0.2) is 29.8 Å². The fraction of sp³-hybridized carbons (Fsp3) is 0.444. The van der Waals surface area contributed by atoms with Crippen LogP contribution in [0.4, 0.5) is 13.2 Å². The third-order valence-electron chi connectivity index (χ3n) is 4.89. The van der Waals surface area contributed by atoms with Gasteiger partial charge in [0.15, 0.2) is 6.61 Å². The van der Waals surface area contributed by atoms with Gasteiger partial charge < -0.3 is 9.84 Å². The van der Waals surface area contributed by atoms with Gasteiger partial charge in [-0.05, 0) is 17.4 Å². The van der Waals surface area contributed by atoms with Gasteiger partial charge in [0, 0.05) is 12.0 Å². The SMILES string of the molecule is CC1(C)[C@@H](/C=C\C(=O)OCC(F)(F)F)[C@@]1(Cc1ccccc1)C(=O)O. The molecule has 1 aliphatic carbocycles. The van der Waals surface area contributed by atoms with Crippen molar-refractivity contribution in [1.82, 2.24) is 0 Å². The Morgan fingerprint density at radius 1 is 1.24 bits per heavy atom. The lowest BCUT2D eigenvalue weighted by atomic mass is 9.88. The minimum atomic E-state index is -4.60. The molecule has 1 aromatic carbocycles. The maximum absolute atomic E-state index is 12.0. The topological polar surface area (TPSA) is 63.6 Å². The molecule has 1 aliphatic rings. The van der Waals surface area contributed by atoms with Gasteiger partial charge in [-0.25, -0.2) is 4.79 Å². The molecule has 0 heterocycles. The molecule has 136 valence electrons. The first-order valence-corrected chi connectivity index (χ1v) is 7.70. The zero-order valence-electron chi connectivity index (χ0n) is 13.8. The Labute approximate surface area is 143 Å². The Bertz CT molecular complexity index is 679. The van der Waals surface area contributed by atoms with Gasteiger partial charge in [-0.1, -0.05) is 50.3 Å². The molecule has 0 radical (unpaired) electrons. The second-order valence-electron chi connectivity index (χ2n) is 6.72. The second-order valence-corrected chi connectivity index (χ2v) is 6.72. The highest BCUT2D eigenvalue weighted by Gasteiger charge is 2.74. The van der Waals surface area contributed by atoms with Crippen LogP contribution in [0.15, 0.2) is 42.5 Å². The molecule has 1 fully saturated rings. The van der Waals surface area contributed by atoms with Crippen molar-refractivity contribution in [3.05, 3.63) is 48.0 Å². The van der Waals surface area contributed by atoms with Crippen molar-refractivity contribution >= 4 is 11.9 Å². The first kappa shape index (κ1) is 19.0. The maximum atomic E-state index is 12.0. The number of carbonyl (C=O) groups is 2. The number of halogens is 3. The van der Waals surface area contributed by atoms with E-state index in [1.807, 2.05) is 18.2 Å². The van der Waals surface area contributed by atoms with Crippen LogP contribution in [0.1, 0.15) is 19.4 Å². The Kier molecular flexibility index (Phi) is 4.97. The maximum Gasteiger partial charge on any atom is 0.422 e. The number of ether oxygens (including phenoxy) is 1. The fourth-order valence-corrected chi connectivity index (χ4v) is 3.42. The number of hydrogen-bond donors (Lipinski definition) is 1. The summed E-state index contributed by atoms with van der Waals surface area (Å²) in [6.45, 7) is 1.86. The molecule has 0 spiro atoms. The monoisotopic (exact) mass is 356 g/mol. The molecule has 2 rings (SSSR count). The second kappa shape index (κ2) is 6.54. The van der Waals surface area contributed by atoms with Crippen molar-refractivity contribution in [2.24, 2.45) is 16.7 Å². The third kappa shape index (κ3) is 3.86. The van der Waals surface area contributed by atoms with Gasteiger partial charge in [-0.2, -0.15) is 13.2 Å². The Morgan fingerprint density at radius 2 is 1.84 bits per heavy atom.